The maximum Gasteiger partial charge on any atom is 0.271 e. The first-order chi connectivity index (χ1) is 16.7. The zero-order valence-electron chi connectivity index (χ0n) is 20.0. The molecule has 0 radical (unpaired) electrons. The summed E-state index contributed by atoms with van der Waals surface area (Å²) in [7, 11) is 0. The summed E-state index contributed by atoms with van der Waals surface area (Å²) in [6, 6.07) is 10.4. The number of carbonyl (C=O) groups excluding carboxylic acids is 2. The highest BCUT2D eigenvalue weighted by atomic mass is 16.5. The number of piperazine rings is 1. The van der Waals surface area contributed by atoms with Crippen LogP contribution in [-0.4, -0.2) is 89.1 Å². The van der Waals surface area contributed by atoms with Crippen LogP contribution in [0.5, 0.6) is 0 Å². The van der Waals surface area contributed by atoms with Gasteiger partial charge in [0.25, 0.3) is 5.91 Å². The number of benzene rings is 1. The van der Waals surface area contributed by atoms with Crippen LogP contribution in [0.15, 0.2) is 30.3 Å². The first-order valence-corrected chi connectivity index (χ1v) is 13.2. The molecule has 1 atom stereocenters. The number of fused-ring (bicyclic) bond motifs is 1. The quantitative estimate of drug-likeness (QED) is 0.683. The fourth-order valence-corrected chi connectivity index (χ4v) is 6.13. The van der Waals surface area contributed by atoms with Crippen LogP contribution in [-0.2, 0) is 16.1 Å². The minimum atomic E-state index is -0.535. The van der Waals surface area contributed by atoms with E-state index in [1.807, 2.05) is 23.1 Å². The molecule has 0 N–H and O–H groups in total. The lowest BCUT2D eigenvalue weighted by molar-refractivity contribution is -0.143. The van der Waals surface area contributed by atoms with E-state index in [1.165, 1.54) is 38.5 Å². The second kappa shape index (κ2) is 9.34. The van der Waals surface area contributed by atoms with E-state index in [9.17, 15) is 9.59 Å². The van der Waals surface area contributed by atoms with Crippen molar-refractivity contribution in [3.05, 3.63) is 36.0 Å². The molecule has 182 valence electrons. The van der Waals surface area contributed by atoms with Crippen molar-refractivity contribution in [2.24, 2.45) is 5.92 Å². The Hall–Kier alpha value is -2.38. The summed E-state index contributed by atoms with van der Waals surface area (Å²) in [6.07, 6.45) is 7.70. The second-order valence-electron chi connectivity index (χ2n) is 10.5. The lowest BCUT2D eigenvalue weighted by atomic mass is 10.1. The minimum Gasteiger partial charge on any atom is -0.377 e. The third-order valence-electron chi connectivity index (χ3n) is 8.31. The Morgan fingerprint density at radius 3 is 2.47 bits per heavy atom. The Labute approximate surface area is 201 Å². The molecule has 3 heterocycles. The van der Waals surface area contributed by atoms with Crippen molar-refractivity contribution in [3.8, 4) is 0 Å². The van der Waals surface area contributed by atoms with E-state index in [0.717, 1.165) is 43.6 Å². The van der Waals surface area contributed by atoms with Crippen molar-refractivity contribution in [2.75, 3.05) is 45.9 Å². The molecule has 2 amide bonds. The molecule has 1 unspecified atom stereocenters. The molecular formula is C27H36N4O3. The summed E-state index contributed by atoms with van der Waals surface area (Å²) < 4.78 is 7.91. The van der Waals surface area contributed by atoms with Gasteiger partial charge in [-0.05, 0) is 43.7 Å². The largest absolute Gasteiger partial charge is 0.377 e. The number of nitrogens with zero attached hydrogens (tertiary/aromatic N) is 4. The molecule has 1 aromatic heterocycles. The van der Waals surface area contributed by atoms with Gasteiger partial charge in [0.15, 0.2) is 0 Å². The van der Waals surface area contributed by atoms with Gasteiger partial charge in [0.05, 0.1) is 13.2 Å². The van der Waals surface area contributed by atoms with Crippen LogP contribution in [0.4, 0.5) is 0 Å². The number of rotatable bonds is 5. The topological polar surface area (TPSA) is 58.0 Å². The second-order valence-corrected chi connectivity index (χ2v) is 10.5. The van der Waals surface area contributed by atoms with Crippen molar-refractivity contribution in [3.63, 3.8) is 0 Å². The molecule has 34 heavy (non-hydrogen) atoms. The average molecular weight is 465 g/mol. The first-order valence-electron chi connectivity index (χ1n) is 13.2. The van der Waals surface area contributed by atoms with Gasteiger partial charge in [-0.3, -0.25) is 14.5 Å². The molecule has 6 rings (SSSR count). The molecule has 2 saturated heterocycles. The van der Waals surface area contributed by atoms with E-state index in [4.69, 9.17) is 4.74 Å². The van der Waals surface area contributed by atoms with Crippen molar-refractivity contribution in [2.45, 2.75) is 57.2 Å². The van der Waals surface area contributed by atoms with Gasteiger partial charge < -0.3 is 19.1 Å². The summed E-state index contributed by atoms with van der Waals surface area (Å²) in [5.74, 6) is 0.660. The molecular weight excluding hydrogens is 428 g/mol. The van der Waals surface area contributed by atoms with E-state index < -0.39 is 6.04 Å². The lowest BCUT2D eigenvalue weighted by Crippen LogP contribution is -2.60. The normalized spacial score (nSPS) is 24.8. The number of aromatic nitrogens is 1. The summed E-state index contributed by atoms with van der Waals surface area (Å²) in [5.41, 5.74) is 1.82. The van der Waals surface area contributed by atoms with Crippen molar-refractivity contribution < 1.29 is 14.3 Å². The Morgan fingerprint density at radius 1 is 0.941 bits per heavy atom. The lowest BCUT2D eigenvalue weighted by Gasteiger charge is -2.42. The fourth-order valence-electron chi connectivity index (χ4n) is 6.13. The van der Waals surface area contributed by atoms with Crippen molar-refractivity contribution >= 4 is 22.7 Å². The van der Waals surface area contributed by atoms with Crippen LogP contribution in [0.25, 0.3) is 10.9 Å². The highest BCUT2D eigenvalue weighted by Crippen LogP contribution is 2.34. The highest BCUT2D eigenvalue weighted by molar-refractivity contribution is 6.01. The summed E-state index contributed by atoms with van der Waals surface area (Å²) in [5, 5.41) is 1.09. The van der Waals surface area contributed by atoms with Crippen molar-refractivity contribution in [1.82, 2.24) is 19.3 Å². The van der Waals surface area contributed by atoms with Crippen LogP contribution >= 0.6 is 0 Å². The van der Waals surface area contributed by atoms with Crippen LogP contribution in [0, 0.1) is 5.92 Å². The SMILES string of the molecule is O=C(C1COCCN1C(=O)c1cc2ccccc2n1CC1CC1)N1CCN(C2CCCC2)CC1. The Kier molecular flexibility index (Phi) is 6.08. The van der Waals surface area contributed by atoms with Crippen molar-refractivity contribution in [1.29, 1.82) is 0 Å². The zero-order valence-corrected chi connectivity index (χ0v) is 20.0. The summed E-state index contributed by atoms with van der Waals surface area (Å²) in [4.78, 5) is 33.8. The standard InChI is InChI=1S/C27H36N4O3/c32-26(29-13-11-28(12-14-29)22-6-2-3-7-22)25-19-34-16-15-30(25)27(33)24-17-21-5-1-4-8-23(21)31(24)18-20-9-10-20/h1,4-5,8,17,20,22,25H,2-3,6-7,9-16,18-19H2. The van der Waals surface area contributed by atoms with Crippen LogP contribution in [0.2, 0.25) is 0 Å². The first kappa shape index (κ1) is 22.1. The summed E-state index contributed by atoms with van der Waals surface area (Å²) in [6.45, 7) is 5.47. The number of hydrogen-bond donors (Lipinski definition) is 0. The molecule has 2 aromatic rings. The highest BCUT2D eigenvalue weighted by Gasteiger charge is 2.39. The van der Waals surface area contributed by atoms with Gasteiger partial charge in [-0.25, -0.2) is 0 Å². The zero-order chi connectivity index (χ0) is 23.1. The molecule has 0 spiro atoms. The maximum atomic E-state index is 13.9. The van der Waals surface area contributed by atoms with E-state index in [0.29, 0.717) is 30.8 Å². The van der Waals surface area contributed by atoms with E-state index in [2.05, 4.69) is 21.6 Å². The van der Waals surface area contributed by atoms with E-state index in [-0.39, 0.29) is 18.4 Å². The third kappa shape index (κ3) is 4.24. The van der Waals surface area contributed by atoms with Crippen LogP contribution in [0.3, 0.4) is 0 Å². The minimum absolute atomic E-state index is 0.0388. The number of hydrogen-bond acceptors (Lipinski definition) is 4. The molecule has 2 aliphatic carbocycles. The molecule has 2 saturated carbocycles. The van der Waals surface area contributed by atoms with Gasteiger partial charge in [-0.2, -0.15) is 0 Å². The van der Waals surface area contributed by atoms with Gasteiger partial charge in [0.1, 0.15) is 11.7 Å². The molecule has 1 aromatic carbocycles. The van der Waals surface area contributed by atoms with Gasteiger partial charge in [0.2, 0.25) is 5.91 Å². The molecule has 7 heteroatoms. The third-order valence-corrected chi connectivity index (χ3v) is 8.31. The molecule has 0 bridgehead atoms. The molecule has 4 fully saturated rings. The molecule has 2 aliphatic heterocycles. The van der Waals surface area contributed by atoms with Gasteiger partial charge in [0, 0.05) is 56.2 Å². The molecule has 7 nitrogen and oxygen atoms in total. The molecule has 4 aliphatic rings. The maximum absolute atomic E-state index is 13.9. The van der Waals surface area contributed by atoms with E-state index in [1.54, 1.807) is 4.90 Å². The van der Waals surface area contributed by atoms with Crippen LogP contribution in [0.1, 0.15) is 49.0 Å². The number of para-hydroxylation sites is 1. The van der Waals surface area contributed by atoms with Gasteiger partial charge in [-0.15, -0.1) is 0 Å². The summed E-state index contributed by atoms with van der Waals surface area (Å²) >= 11 is 0. The Morgan fingerprint density at radius 2 is 1.71 bits per heavy atom. The number of carbonyl (C=O) groups is 2. The number of morpholine rings is 1. The fraction of sp³-hybridized carbons (Fsp3) is 0.630. The Balaban J connectivity index is 1.20. The number of amides is 2. The predicted octanol–water partition coefficient (Wildman–Crippen LogP) is 2.98. The van der Waals surface area contributed by atoms with Crippen LogP contribution < -0.4 is 0 Å². The smallest absolute Gasteiger partial charge is 0.271 e. The Bertz CT molecular complexity index is 1050. The monoisotopic (exact) mass is 464 g/mol. The van der Waals surface area contributed by atoms with E-state index >= 15 is 0 Å². The predicted molar refractivity (Wildman–Crippen MR) is 131 cm³/mol. The van der Waals surface area contributed by atoms with Gasteiger partial charge in [-0.1, -0.05) is 31.0 Å². The van der Waals surface area contributed by atoms with Gasteiger partial charge >= 0.3 is 0 Å². The number of ether oxygens (including phenoxy) is 1. The average Bonchev–Trinajstić information content (AvgIpc) is 3.39.